The van der Waals surface area contributed by atoms with E-state index in [9.17, 15) is 8.42 Å². The lowest BCUT2D eigenvalue weighted by molar-refractivity contribution is 0.236. The number of hydrogen-bond donors (Lipinski definition) is 2. The summed E-state index contributed by atoms with van der Waals surface area (Å²) in [5.74, 6) is 0.993. The number of pyridine rings is 1. The minimum absolute atomic E-state index is 0.231. The monoisotopic (exact) mass is 389 g/mol. The Morgan fingerprint density at radius 2 is 2.00 bits per heavy atom. The van der Waals surface area contributed by atoms with E-state index in [0.29, 0.717) is 24.0 Å². The summed E-state index contributed by atoms with van der Waals surface area (Å²) in [5.41, 5.74) is 2.35. The second-order valence-electron chi connectivity index (χ2n) is 7.16. The van der Waals surface area contributed by atoms with Crippen LogP contribution in [0.1, 0.15) is 44.4 Å². The molecule has 1 aliphatic heterocycles. The molecule has 1 atom stereocenters. The third-order valence-electron chi connectivity index (χ3n) is 4.60. The largest absolute Gasteiger partial charge is 0.490 e. The van der Waals surface area contributed by atoms with E-state index in [4.69, 9.17) is 4.74 Å². The highest BCUT2D eigenvalue weighted by molar-refractivity contribution is 7.92. The molecule has 1 aromatic carbocycles. The van der Waals surface area contributed by atoms with Crippen LogP contribution >= 0.6 is 0 Å². The predicted octanol–water partition coefficient (Wildman–Crippen LogP) is 3.31. The number of sulfonamides is 1. The van der Waals surface area contributed by atoms with Crippen LogP contribution in [0.3, 0.4) is 0 Å². The van der Waals surface area contributed by atoms with E-state index >= 15 is 0 Å². The molecular weight excluding hydrogens is 362 g/mol. The number of rotatable bonds is 7. The summed E-state index contributed by atoms with van der Waals surface area (Å²) < 4.78 is 33.6. The molecule has 2 heterocycles. The fourth-order valence-corrected chi connectivity index (χ4v) is 4.05. The summed E-state index contributed by atoms with van der Waals surface area (Å²) in [5, 5.41) is 3.42. The number of aromatic nitrogens is 1. The van der Waals surface area contributed by atoms with Crippen LogP contribution in [0.2, 0.25) is 0 Å². The van der Waals surface area contributed by atoms with E-state index in [1.807, 2.05) is 12.1 Å². The normalized spacial score (nSPS) is 16.7. The van der Waals surface area contributed by atoms with Gasteiger partial charge in [0.25, 0.3) is 10.0 Å². The maximum absolute atomic E-state index is 12.6. The zero-order valence-corrected chi connectivity index (χ0v) is 16.8. The van der Waals surface area contributed by atoms with Crippen molar-refractivity contribution in [2.45, 2.75) is 50.5 Å². The van der Waals surface area contributed by atoms with Crippen LogP contribution in [0.4, 0.5) is 5.69 Å². The van der Waals surface area contributed by atoms with Gasteiger partial charge in [-0.05, 0) is 36.6 Å². The molecule has 1 aliphatic rings. The van der Waals surface area contributed by atoms with Crippen LogP contribution in [0.25, 0.3) is 0 Å². The lowest BCUT2D eigenvalue weighted by Crippen LogP contribution is -2.40. The van der Waals surface area contributed by atoms with E-state index in [1.54, 1.807) is 24.4 Å². The Labute approximate surface area is 161 Å². The molecule has 7 heteroatoms. The summed E-state index contributed by atoms with van der Waals surface area (Å²) in [6.07, 6.45) is 3.39. The third kappa shape index (κ3) is 4.78. The van der Waals surface area contributed by atoms with E-state index < -0.39 is 10.0 Å². The highest BCUT2D eigenvalue weighted by Crippen LogP contribution is 2.27. The zero-order chi connectivity index (χ0) is 19.4. The summed E-state index contributed by atoms with van der Waals surface area (Å²) in [7, 11) is -3.66. The molecule has 0 fully saturated rings. The van der Waals surface area contributed by atoms with Gasteiger partial charge in [0.2, 0.25) is 0 Å². The first-order valence-corrected chi connectivity index (χ1v) is 10.8. The van der Waals surface area contributed by atoms with Crippen LogP contribution in [0.5, 0.6) is 5.75 Å². The second-order valence-corrected chi connectivity index (χ2v) is 8.85. The second kappa shape index (κ2) is 8.27. The molecule has 0 saturated carbocycles. The molecule has 1 unspecified atom stereocenters. The molecule has 146 valence electrons. The number of ether oxygens (including phenoxy) is 1. The Morgan fingerprint density at radius 1 is 1.26 bits per heavy atom. The molecule has 2 aromatic rings. The molecule has 2 N–H and O–H groups in total. The molecule has 0 spiro atoms. The van der Waals surface area contributed by atoms with Gasteiger partial charge in [0.1, 0.15) is 12.4 Å². The number of benzene rings is 1. The molecule has 0 amide bonds. The minimum Gasteiger partial charge on any atom is -0.490 e. The Morgan fingerprint density at radius 3 is 2.67 bits per heavy atom. The van der Waals surface area contributed by atoms with E-state index in [2.05, 4.69) is 35.8 Å². The van der Waals surface area contributed by atoms with Gasteiger partial charge >= 0.3 is 0 Å². The first-order chi connectivity index (χ1) is 12.9. The molecule has 6 nitrogen and oxygen atoms in total. The number of fused-ring (bicyclic) bond motifs is 1. The van der Waals surface area contributed by atoms with Gasteiger partial charge in [0.15, 0.2) is 0 Å². The van der Waals surface area contributed by atoms with Gasteiger partial charge in [-0.1, -0.05) is 32.9 Å². The number of anilines is 1. The molecule has 3 rings (SSSR count). The number of nitrogens with zero attached hydrogens (tertiary/aromatic N) is 1. The van der Waals surface area contributed by atoms with Crippen molar-refractivity contribution in [3.8, 4) is 5.75 Å². The summed E-state index contributed by atoms with van der Waals surface area (Å²) >= 11 is 0. The molecule has 0 bridgehead atoms. The number of nitrogens with one attached hydrogen (secondary N) is 2. The van der Waals surface area contributed by atoms with E-state index in [0.717, 1.165) is 30.6 Å². The molecule has 0 aliphatic carbocycles. The van der Waals surface area contributed by atoms with Crippen LogP contribution in [0.15, 0.2) is 41.4 Å². The Balaban J connectivity index is 1.72. The van der Waals surface area contributed by atoms with Crippen molar-refractivity contribution < 1.29 is 13.2 Å². The van der Waals surface area contributed by atoms with Gasteiger partial charge in [0, 0.05) is 18.5 Å². The maximum Gasteiger partial charge on any atom is 0.261 e. The third-order valence-corrected chi connectivity index (χ3v) is 6.00. The average molecular weight is 390 g/mol. The first kappa shape index (κ1) is 19.6. The molecule has 0 radical (unpaired) electrons. The fourth-order valence-electron chi connectivity index (χ4n) is 3.02. The van der Waals surface area contributed by atoms with Gasteiger partial charge in [-0.2, -0.15) is 0 Å². The van der Waals surface area contributed by atoms with E-state index in [1.165, 1.54) is 0 Å². The van der Waals surface area contributed by atoms with Crippen molar-refractivity contribution in [3.63, 3.8) is 0 Å². The smallest absolute Gasteiger partial charge is 0.261 e. The van der Waals surface area contributed by atoms with Crippen LogP contribution < -0.4 is 14.8 Å². The van der Waals surface area contributed by atoms with E-state index in [-0.39, 0.29) is 10.9 Å². The molecule has 1 aromatic heterocycles. The van der Waals surface area contributed by atoms with Crippen molar-refractivity contribution in [2.24, 2.45) is 0 Å². The van der Waals surface area contributed by atoms with Gasteiger partial charge in [0.05, 0.1) is 22.5 Å². The minimum atomic E-state index is -3.66. The Bertz CT molecular complexity index is 880. The Hall–Kier alpha value is -2.12. The topological polar surface area (TPSA) is 80.3 Å². The molecule has 0 saturated heterocycles. The standard InChI is InChI=1S/C20H27N3O3S/c1-4-9-21-17-10-19-20(26-13-17)11-16(12-22-19)23-27(24,25)18-7-5-15(6-8-18)14(2)3/h5-8,11-12,14,17,21,23H,4,9-10,13H2,1-3H3. The maximum atomic E-state index is 12.6. The first-order valence-electron chi connectivity index (χ1n) is 9.37. The lowest BCUT2D eigenvalue weighted by atomic mass is 10.0. The molecule has 27 heavy (non-hydrogen) atoms. The highest BCUT2D eigenvalue weighted by atomic mass is 32.2. The molecular formula is C20H27N3O3S. The van der Waals surface area contributed by atoms with Gasteiger partial charge < -0.3 is 10.1 Å². The lowest BCUT2D eigenvalue weighted by Gasteiger charge is -2.25. The average Bonchev–Trinajstić information content (AvgIpc) is 2.66. The number of hydrogen-bond acceptors (Lipinski definition) is 5. The summed E-state index contributed by atoms with van der Waals surface area (Å²) in [4.78, 5) is 4.63. The van der Waals surface area contributed by atoms with Gasteiger partial charge in [-0.3, -0.25) is 9.71 Å². The van der Waals surface area contributed by atoms with Gasteiger partial charge in [-0.15, -0.1) is 0 Å². The van der Waals surface area contributed by atoms with Crippen LogP contribution in [-0.4, -0.2) is 32.6 Å². The Kier molecular flexibility index (Phi) is 6.01. The van der Waals surface area contributed by atoms with Crippen molar-refractivity contribution in [3.05, 3.63) is 47.8 Å². The predicted molar refractivity (Wildman–Crippen MR) is 107 cm³/mol. The SMILES string of the molecule is CCCNC1COc2cc(NS(=O)(=O)c3ccc(C(C)C)cc3)cnc2C1. The quantitative estimate of drug-likeness (QED) is 0.759. The zero-order valence-electron chi connectivity index (χ0n) is 16.0. The fraction of sp³-hybridized carbons (Fsp3) is 0.450. The van der Waals surface area contributed by atoms with Crippen LogP contribution in [-0.2, 0) is 16.4 Å². The summed E-state index contributed by atoms with van der Waals surface area (Å²) in [6, 6.07) is 8.90. The van der Waals surface area contributed by atoms with Crippen molar-refractivity contribution in [1.82, 2.24) is 10.3 Å². The van der Waals surface area contributed by atoms with Crippen molar-refractivity contribution in [2.75, 3.05) is 17.9 Å². The van der Waals surface area contributed by atoms with Gasteiger partial charge in [-0.25, -0.2) is 8.42 Å². The van der Waals surface area contributed by atoms with Crippen molar-refractivity contribution >= 4 is 15.7 Å². The summed E-state index contributed by atoms with van der Waals surface area (Å²) in [6.45, 7) is 7.77. The highest BCUT2D eigenvalue weighted by Gasteiger charge is 2.22. The van der Waals surface area contributed by atoms with Crippen LogP contribution in [0, 0.1) is 0 Å². The van der Waals surface area contributed by atoms with Crippen molar-refractivity contribution in [1.29, 1.82) is 0 Å².